The van der Waals surface area contributed by atoms with Gasteiger partial charge in [0.15, 0.2) is 0 Å². The lowest BCUT2D eigenvalue weighted by atomic mass is 9.55. The van der Waals surface area contributed by atoms with Crippen molar-refractivity contribution < 1.29 is 0 Å². The quantitative estimate of drug-likeness (QED) is 0.0961. The average molecular weight is 743 g/mol. The molecule has 0 aromatic heterocycles. The average Bonchev–Trinajstić information content (AvgIpc) is 3.28. The third-order valence-corrected chi connectivity index (χ3v) is 12.5. The van der Waals surface area contributed by atoms with E-state index in [1.54, 1.807) is 0 Å². The smallest absolute Gasteiger partial charge is 0.112 e. The Morgan fingerprint density at radius 3 is 0.889 bits per heavy atom. The highest BCUT2D eigenvalue weighted by atomic mass is 14.3. The molecule has 38 radical (unpaired) electrons. The molecule has 63 heavy (non-hydrogen) atoms. The monoisotopic (exact) mass is 746 g/mol. The second kappa shape index (κ2) is 15.3. The van der Waals surface area contributed by atoms with Gasteiger partial charge in [-0.1, -0.05) is 103 Å². The zero-order valence-corrected chi connectivity index (χ0v) is 33.7. The number of hydrogen-bond acceptors (Lipinski definition) is 0. The second-order valence-corrected chi connectivity index (χ2v) is 15.7. The van der Waals surface area contributed by atoms with Crippen LogP contribution < -0.4 is 104 Å². The number of fused-ring (bicyclic) bond motifs is 6. The lowest BCUT2D eigenvalue weighted by Crippen LogP contribution is -2.56. The van der Waals surface area contributed by atoms with E-state index in [1.165, 1.54) is 0 Å². The van der Waals surface area contributed by atoms with Crippen LogP contribution >= 0.6 is 0 Å². The highest BCUT2D eigenvalue weighted by Crippen LogP contribution is 2.45. The Labute approximate surface area is 392 Å². The normalized spacial score (nSPS) is 11.7. The van der Waals surface area contributed by atoms with Gasteiger partial charge in [-0.3, -0.25) is 0 Å². The first-order valence-corrected chi connectivity index (χ1v) is 19.2. The third kappa shape index (κ3) is 5.89. The van der Waals surface area contributed by atoms with Crippen LogP contribution in [0.1, 0.15) is 0 Å². The molecular weight excluding hydrogens is 734 g/mol. The second-order valence-electron chi connectivity index (χ2n) is 15.7. The molecule has 0 aliphatic carbocycles. The van der Waals surface area contributed by atoms with Crippen molar-refractivity contribution in [3.8, 4) is 33.4 Å². The van der Waals surface area contributed by atoms with E-state index in [0.29, 0.717) is 21.9 Å². The van der Waals surface area contributed by atoms with Crippen molar-refractivity contribution in [2.45, 2.75) is 0 Å². The predicted molar refractivity (Wildman–Crippen MR) is 293 cm³/mol. The van der Waals surface area contributed by atoms with Gasteiger partial charge in [0.2, 0.25) is 0 Å². The Kier molecular flexibility index (Phi) is 10.6. The van der Waals surface area contributed by atoms with E-state index < -0.39 is 0 Å². The van der Waals surface area contributed by atoms with Crippen molar-refractivity contribution >= 4 is 307 Å². The first-order valence-electron chi connectivity index (χ1n) is 19.2. The SMILES string of the molecule is [B]c1c([B])c([B])c(-c2c([B])c([B])c(-c3c4c([B])c([B])c([B])c([B])c4c(-c4cc5ccccc5c5ccccc45)c4c([B])c([B])c([B])c([B])c34)c3c([B])c([B])c([B])c([B])c23)c([B])c1[B]. The minimum Gasteiger partial charge on any atom is -0.112 e. The molecule has 0 spiro atoms. The van der Waals surface area contributed by atoms with Gasteiger partial charge in [-0.05, 0) is 93.3 Å². The summed E-state index contributed by atoms with van der Waals surface area (Å²) in [4.78, 5) is 0. The van der Waals surface area contributed by atoms with E-state index >= 15 is 0 Å². The molecule has 0 atom stereocenters. The molecule has 9 aromatic carbocycles. The van der Waals surface area contributed by atoms with Crippen LogP contribution in [0.3, 0.4) is 0 Å². The molecule has 0 saturated carbocycles. The summed E-state index contributed by atoms with van der Waals surface area (Å²) in [5.74, 6) is 0. The fourth-order valence-electron chi connectivity index (χ4n) is 9.25. The lowest BCUT2D eigenvalue weighted by molar-refractivity contribution is 1.75. The van der Waals surface area contributed by atoms with Crippen LogP contribution in [-0.4, -0.2) is 149 Å². The highest BCUT2D eigenvalue weighted by molar-refractivity contribution is 6.75. The molecule has 242 valence electrons. The van der Waals surface area contributed by atoms with Gasteiger partial charge in [-0.25, -0.2) is 0 Å². The van der Waals surface area contributed by atoms with Crippen LogP contribution in [0.4, 0.5) is 0 Å². The lowest BCUT2D eigenvalue weighted by Gasteiger charge is -2.33. The molecule has 9 rings (SSSR count). The minimum absolute atomic E-state index is 0.00967. The van der Waals surface area contributed by atoms with Crippen molar-refractivity contribution in [3.63, 3.8) is 0 Å². The Bertz CT molecular complexity index is 3510. The van der Waals surface area contributed by atoms with E-state index in [2.05, 4.69) is 0 Å². The maximum Gasteiger partial charge on any atom is 0.113 e. The predicted octanol–water partition coefficient (Wildman–Crippen LogP) is -10.5. The van der Waals surface area contributed by atoms with Crippen LogP contribution in [0.2, 0.25) is 0 Å². The zero-order chi connectivity index (χ0) is 45.6. The van der Waals surface area contributed by atoms with Gasteiger partial charge in [0, 0.05) is 0 Å². The molecular formula is C44H9B19. The molecule has 0 amide bonds. The zero-order valence-electron chi connectivity index (χ0n) is 33.7. The Balaban J connectivity index is 1.66. The van der Waals surface area contributed by atoms with Crippen molar-refractivity contribution in [3.05, 3.63) is 54.6 Å². The molecule has 0 aliphatic rings. The Morgan fingerprint density at radius 1 is 0.206 bits per heavy atom. The maximum absolute atomic E-state index is 7.29. The molecule has 0 heterocycles. The van der Waals surface area contributed by atoms with Gasteiger partial charge < -0.3 is 0 Å². The van der Waals surface area contributed by atoms with Crippen molar-refractivity contribution in [2.75, 3.05) is 0 Å². The van der Waals surface area contributed by atoms with Crippen LogP contribution in [0, 0.1) is 0 Å². The summed E-state index contributed by atoms with van der Waals surface area (Å²) in [7, 11) is 129. The van der Waals surface area contributed by atoms with Gasteiger partial charge >= 0.3 is 0 Å². The Hall–Kier alpha value is -4.49. The molecule has 0 fully saturated rings. The van der Waals surface area contributed by atoms with Crippen molar-refractivity contribution in [2.24, 2.45) is 0 Å². The summed E-state index contributed by atoms with van der Waals surface area (Å²) in [6.07, 6.45) is 0. The molecule has 0 aliphatic heterocycles. The topological polar surface area (TPSA) is 0 Å². The molecule has 0 unspecified atom stereocenters. The van der Waals surface area contributed by atoms with Crippen LogP contribution in [-0.2, 0) is 0 Å². The standard InChI is InChI=1S/C44H9B19/c45-26-21(22-23(33(52)41(60)40(59)32(22)51)24(27(26)46)25-34(53)42(61)44(63)43(62)35(25)54)16-19-17(28(47)36(55)38(57)30(19)49)15(18-20(16)31(50)39(58)37(56)29(18)48)14-9-10-5-1-2-6-11(10)12-7-3-4-8-13(12)14/h1-9H. The summed E-state index contributed by atoms with van der Waals surface area (Å²) < 4.78 is 0. The van der Waals surface area contributed by atoms with Crippen LogP contribution in [0.5, 0.6) is 0 Å². The molecule has 0 N–H and O–H groups in total. The van der Waals surface area contributed by atoms with Crippen molar-refractivity contribution in [1.29, 1.82) is 0 Å². The summed E-state index contributed by atoms with van der Waals surface area (Å²) in [5, 5.41) is 4.82. The fourth-order valence-corrected chi connectivity index (χ4v) is 9.25. The third-order valence-electron chi connectivity index (χ3n) is 12.5. The van der Waals surface area contributed by atoms with Gasteiger partial charge in [0.25, 0.3) is 0 Å². The fraction of sp³-hybridized carbons (Fsp3) is 0. The van der Waals surface area contributed by atoms with E-state index in [-0.39, 0.29) is 148 Å². The van der Waals surface area contributed by atoms with E-state index in [4.69, 9.17) is 149 Å². The first kappa shape index (κ1) is 43.8. The molecule has 9 aromatic rings. The van der Waals surface area contributed by atoms with Crippen LogP contribution in [0.15, 0.2) is 54.6 Å². The van der Waals surface area contributed by atoms with Crippen molar-refractivity contribution in [1.82, 2.24) is 0 Å². The van der Waals surface area contributed by atoms with Gasteiger partial charge in [0.1, 0.15) is 149 Å². The summed E-state index contributed by atoms with van der Waals surface area (Å²) in [5.41, 5.74) is 0.350. The van der Waals surface area contributed by atoms with E-state index in [1.807, 2.05) is 54.6 Å². The summed E-state index contributed by atoms with van der Waals surface area (Å²) in [6.45, 7) is 0. The first-order chi connectivity index (χ1) is 29.8. The number of benzene rings is 9. The molecule has 0 bridgehead atoms. The van der Waals surface area contributed by atoms with E-state index in [9.17, 15) is 0 Å². The minimum atomic E-state index is -0.134. The Morgan fingerprint density at radius 2 is 0.476 bits per heavy atom. The molecule has 0 saturated heterocycles. The largest absolute Gasteiger partial charge is 0.113 e. The summed E-state index contributed by atoms with van der Waals surface area (Å²) in [6, 6.07) is 17.8. The van der Waals surface area contributed by atoms with Gasteiger partial charge in [-0.15, -0.1) is 49.2 Å². The van der Waals surface area contributed by atoms with Crippen LogP contribution in [0.25, 0.3) is 87.2 Å². The number of rotatable bonds is 3. The van der Waals surface area contributed by atoms with Gasteiger partial charge in [-0.2, -0.15) is 0 Å². The number of hydrogen-bond donors (Lipinski definition) is 0. The highest BCUT2D eigenvalue weighted by Gasteiger charge is 2.30. The molecule has 0 nitrogen and oxygen atoms in total. The van der Waals surface area contributed by atoms with Gasteiger partial charge in [0.05, 0.1) is 0 Å². The summed E-state index contributed by atoms with van der Waals surface area (Å²) >= 11 is 0. The van der Waals surface area contributed by atoms with E-state index in [0.717, 1.165) is 21.5 Å². The molecule has 19 heteroatoms. The maximum atomic E-state index is 7.29.